The first-order valence-electron chi connectivity index (χ1n) is 4.50. The van der Waals surface area contributed by atoms with E-state index in [4.69, 9.17) is 9.84 Å². The van der Waals surface area contributed by atoms with E-state index in [0.717, 1.165) is 19.3 Å². The number of aliphatic hydroxyl groups is 1. The SMILES string of the molecule is CCC(C)OC(CC)CCO. The van der Waals surface area contributed by atoms with Crippen LogP contribution in [0, 0.1) is 0 Å². The lowest BCUT2D eigenvalue weighted by molar-refractivity contribution is -0.0170. The maximum atomic E-state index is 8.67. The number of aliphatic hydroxyl groups excluding tert-OH is 1. The molecule has 0 aromatic heterocycles. The summed E-state index contributed by atoms with van der Waals surface area (Å²) in [5.74, 6) is 0. The van der Waals surface area contributed by atoms with Crippen LogP contribution >= 0.6 is 0 Å². The second-order valence-electron chi connectivity index (χ2n) is 2.90. The van der Waals surface area contributed by atoms with Gasteiger partial charge in [-0.1, -0.05) is 13.8 Å². The van der Waals surface area contributed by atoms with Gasteiger partial charge in [-0.2, -0.15) is 0 Å². The van der Waals surface area contributed by atoms with Gasteiger partial charge in [0.05, 0.1) is 12.2 Å². The summed E-state index contributed by atoms with van der Waals surface area (Å²) in [7, 11) is 0. The van der Waals surface area contributed by atoms with E-state index < -0.39 is 0 Å². The molecule has 0 amide bonds. The molecule has 2 unspecified atom stereocenters. The van der Waals surface area contributed by atoms with Gasteiger partial charge in [-0.3, -0.25) is 0 Å². The van der Waals surface area contributed by atoms with Crippen LogP contribution in [0.1, 0.15) is 40.0 Å². The summed E-state index contributed by atoms with van der Waals surface area (Å²) in [6.45, 7) is 6.49. The number of ether oxygens (including phenoxy) is 1. The second kappa shape index (κ2) is 6.62. The van der Waals surface area contributed by atoms with E-state index in [1.54, 1.807) is 0 Å². The van der Waals surface area contributed by atoms with Crippen molar-refractivity contribution >= 4 is 0 Å². The van der Waals surface area contributed by atoms with E-state index in [1.807, 2.05) is 0 Å². The fraction of sp³-hybridized carbons (Fsp3) is 1.00. The van der Waals surface area contributed by atoms with Gasteiger partial charge in [0.2, 0.25) is 0 Å². The molecule has 2 heteroatoms. The summed E-state index contributed by atoms with van der Waals surface area (Å²) >= 11 is 0. The number of rotatable bonds is 6. The molecule has 11 heavy (non-hydrogen) atoms. The fourth-order valence-corrected chi connectivity index (χ4v) is 0.937. The Bertz CT molecular complexity index is 83.6. The summed E-state index contributed by atoms with van der Waals surface area (Å²) < 4.78 is 5.63. The van der Waals surface area contributed by atoms with Gasteiger partial charge in [0, 0.05) is 6.61 Å². The summed E-state index contributed by atoms with van der Waals surface area (Å²) in [5, 5.41) is 8.67. The zero-order valence-electron chi connectivity index (χ0n) is 7.84. The minimum absolute atomic E-state index is 0.231. The predicted octanol–water partition coefficient (Wildman–Crippen LogP) is 1.96. The Hall–Kier alpha value is -0.0800. The molecular weight excluding hydrogens is 140 g/mol. The van der Waals surface area contributed by atoms with E-state index in [-0.39, 0.29) is 12.7 Å². The van der Waals surface area contributed by atoms with Gasteiger partial charge in [-0.05, 0) is 26.2 Å². The first kappa shape index (κ1) is 10.9. The fourth-order valence-electron chi connectivity index (χ4n) is 0.937. The molecule has 2 atom stereocenters. The molecule has 0 spiro atoms. The van der Waals surface area contributed by atoms with Crippen molar-refractivity contribution in [3.05, 3.63) is 0 Å². The number of hydrogen-bond acceptors (Lipinski definition) is 2. The van der Waals surface area contributed by atoms with Crippen LogP contribution in [0.2, 0.25) is 0 Å². The minimum atomic E-state index is 0.231. The van der Waals surface area contributed by atoms with E-state index >= 15 is 0 Å². The quantitative estimate of drug-likeness (QED) is 0.643. The van der Waals surface area contributed by atoms with Crippen molar-refractivity contribution in [1.82, 2.24) is 0 Å². The van der Waals surface area contributed by atoms with E-state index in [2.05, 4.69) is 20.8 Å². The average molecular weight is 160 g/mol. The third-order valence-electron chi connectivity index (χ3n) is 1.91. The van der Waals surface area contributed by atoms with Crippen molar-refractivity contribution in [2.24, 2.45) is 0 Å². The monoisotopic (exact) mass is 160 g/mol. The van der Waals surface area contributed by atoms with Crippen molar-refractivity contribution in [2.75, 3.05) is 6.61 Å². The minimum Gasteiger partial charge on any atom is -0.396 e. The van der Waals surface area contributed by atoms with Crippen molar-refractivity contribution < 1.29 is 9.84 Å². The lowest BCUT2D eigenvalue weighted by Crippen LogP contribution is -2.19. The maximum Gasteiger partial charge on any atom is 0.0598 e. The van der Waals surface area contributed by atoms with E-state index in [1.165, 1.54) is 0 Å². The topological polar surface area (TPSA) is 29.5 Å². The van der Waals surface area contributed by atoms with Crippen molar-refractivity contribution in [2.45, 2.75) is 52.2 Å². The van der Waals surface area contributed by atoms with Gasteiger partial charge in [0.15, 0.2) is 0 Å². The third-order valence-corrected chi connectivity index (χ3v) is 1.91. The molecule has 0 aliphatic carbocycles. The molecule has 0 fully saturated rings. The van der Waals surface area contributed by atoms with Crippen LogP contribution in [0.25, 0.3) is 0 Å². The maximum absolute atomic E-state index is 8.67. The summed E-state index contributed by atoms with van der Waals surface area (Å²) in [6.07, 6.45) is 3.37. The molecule has 0 aliphatic rings. The van der Waals surface area contributed by atoms with Crippen molar-refractivity contribution in [3.63, 3.8) is 0 Å². The molecule has 0 saturated heterocycles. The Kier molecular flexibility index (Phi) is 6.57. The normalized spacial score (nSPS) is 16.4. The highest BCUT2D eigenvalue weighted by Gasteiger charge is 2.08. The lowest BCUT2D eigenvalue weighted by atomic mass is 10.2. The first-order valence-corrected chi connectivity index (χ1v) is 4.50. The second-order valence-corrected chi connectivity index (χ2v) is 2.90. The lowest BCUT2D eigenvalue weighted by Gasteiger charge is -2.19. The van der Waals surface area contributed by atoms with Crippen LogP contribution in [0.4, 0.5) is 0 Å². The molecule has 2 nitrogen and oxygen atoms in total. The van der Waals surface area contributed by atoms with Crippen LogP contribution in [0.15, 0.2) is 0 Å². The van der Waals surface area contributed by atoms with Gasteiger partial charge in [0.1, 0.15) is 0 Å². The molecular formula is C9H20O2. The Balaban J connectivity index is 3.49. The Morgan fingerprint density at radius 3 is 2.27 bits per heavy atom. The zero-order chi connectivity index (χ0) is 8.69. The van der Waals surface area contributed by atoms with Gasteiger partial charge in [-0.25, -0.2) is 0 Å². The summed E-state index contributed by atoms with van der Waals surface area (Å²) in [4.78, 5) is 0. The third kappa shape index (κ3) is 5.22. The summed E-state index contributed by atoms with van der Waals surface area (Å²) in [5.41, 5.74) is 0. The summed E-state index contributed by atoms with van der Waals surface area (Å²) in [6, 6.07) is 0. The Labute approximate surface area is 69.6 Å². The van der Waals surface area contributed by atoms with Crippen molar-refractivity contribution in [1.29, 1.82) is 0 Å². The molecule has 0 radical (unpaired) electrons. The Morgan fingerprint density at radius 2 is 1.91 bits per heavy atom. The molecule has 0 aromatic carbocycles. The molecule has 0 bridgehead atoms. The largest absolute Gasteiger partial charge is 0.396 e. The highest BCUT2D eigenvalue weighted by Crippen LogP contribution is 2.08. The van der Waals surface area contributed by atoms with E-state index in [0.29, 0.717) is 6.10 Å². The highest BCUT2D eigenvalue weighted by atomic mass is 16.5. The predicted molar refractivity (Wildman–Crippen MR) is 46.6 cm³/mol. The molecule has 0 aliphatic heterocycles. The smallest absolute Gasteiger partial charge is 0.0598 e. The molecule has 0 aromatic rings. The molecule has 0 rings (SSSR count). The molecule has 0 heterocycles. The van der Waals surface area contributed by atoms with Crippen LogP contribution in [0.5, 0.6) is 0 Å². The van der Waals surface area contributed by atoms with Gasteiger partial charge in [-0.15, -0.1) is 0 Å². The zero-order valence-corrected chi connectivity index (χ0v) is 7.84. The van der Waals surface area contributed by atoms with Gasteiger partial charge < -0.3 is 9.84 Å². The standard InChI is InChI=1S/C9H20O2/c1-4-8(3)11-9(5-2)6-7-10/h8-10H,4-7H2,1-3H3. The van der Waals surface area contributed by atoms with Crippen molar-refractivity contribution in [3.8, 4) is 0 Å². The average Bonchev–Trinajstić information content (AvgIpc) is 2.03. The molecule has 68 valence electrons. The highest BCUT2D eigenvalue weighted by molar-refractivity contribution is 4.57. The van der Waals surface area contributed by atoms with Crippen LogP contribution in [-0.2, 0) is 4.74 Å². The van der Waals surface area contributed by atoms with E-state index in [9.17, 15) is 0 Å². The van der Waals surface area contributed by atoms with Crippen LogP contribution < -0.4 is 0 Å². The Morgan fingerprint density at radius 1 is 1.27 bits per heavy atom. The van der Waals surface area contributed by atoms with Crippen LogP contribution in [-0.4, -0.2) is 23.9 Å². The first-order chi connectivity index (χ1) is 5.24. The van der Waals surface area contributed by atoms with Crippen LogP contribution in [0.3, 0.4) is 0 Å². The molecule has 0 saturated carbocycles. The molecule has 1 N–H and O–H groups in total. The number of hydrogen-bond donors (Lipinski definition) is 1. The van der Waals surface area contributed by atoms with Gasteiger partial charge >= 0.3 is 0 Å². The van der Waals surface area contributed by atoms with Gasteiger partial charge in [0.25, 0.3) is 0 Å².